The van der Waals surface area contributed by atoms with Gasteiger partial charge in [0.25, 0.3) is 11.5 Å². The number of carbonyl (C=O) groups excluding carboxylic acids is 1. The molecule has 0 spiro atoms. The number of pyridine rings is 1. The maximum atomic E-state index is 13.8. The summed E-state index contributed by atoms with van der Waals surface area (Å²) in [4.78, 5) is 50.5. The van der Waals surface area contributed by atoms with Crippen LogP contribution in [0, 0.1) is 19.8 Å². The molecule has 35 heavy (non-hydrogen) atoms. The molecule has 1 saturated heterocycles. The summed E-state index contributed by atoms with van der Waals surface area (Å²) in [5.41, 5.74) is 3.94. The standard InChI is InChI=1S/C27H35N5O3/c1-16(2)15-32-24-23(25(33)29-27(32)35)20(14-21(28-24)17(3)4)26(34)31-12-10-30(11-13-31)22-9-7-8-18(5)19(22)6/h7-9,14,16-17H,10-13,15H2,1-6H3,(H,29,33,35). The fourth-order valence-corrected chi connectivity index (χ4v) is 4.69. The van der Waals surface area contributed by atoms with Gasteiger partial charge in [0, 0.05) is 44.1 Å². The van der Waals surface area contributed by atoms with Crippen molar-refractivity contribution in [2.24, 2.45) is 5.92 Å². The summed E-state index contributed by atoms with van der Waals surface area (Å²) in [5.74, 6) is 0.0118. The Kier molecular flexibility index (Phi) is 6.83. The van der Waals surface area contributed by atoms with Crippen molar-refractivity contribution in [1.29, 1.82) is 0 Å². The molecule has 186 valence electrons. The van der Waals surface area contributed by atoms with Crippen LogP contribution in [-0.2, 0) is 6.54 Å². The molecule has 2 aromatic heterocycles. The monoisotopic (exact) mass is 477 g/mol. The van der Waals surface area contributed by atoms with Crippen LogP contribution in [-0.4, -0.2) is 51.5 Å². The van der Waals surface area contributed by atoms with E-state index in [1.807, 2.05) is 27.7 Å². The number of nitrogens with zero attached hydrogens (tertiary/aromatic N) is 4. The summed E-state index contributed by atoms with van der Waals surface area (Å²) < 4.78 is 1.49. The molecular formula is C27H35N5O3. The van der Waals surface area contributed by atoms with Crippen LogP contribution in [0.25, 0.3) is 11.0 Å². The summed E-state index contributed by atoms with van der Waals surface area (Å²) in [6.07, 6.45) is 0. The molecule has 1 amide bonds. The Morgan fingerprint density at radius 1 is 1.06 bits per heavy atom. The van der Waals surface area contributed by atoms with Crippen molar-refractivity contribution >= 4 is 22.6 Å². The number of nitrogens with one attached hydrogen (secondary N) is 1. The van der Waals surface area contributed by atoms with Crippen LogP contribution in [0.1, 0.15) is 60.8 Å². The van der Waals surface area contributed by atoms with Gasteiger partial charge in [-0.05, 0) is 48.9 Å². The van der Waals surface area contributed by atoms with Gasteiger partial charge in [0.1, 0.15) is 0 Å². The molecule has 4 rings (SSSR count). The van der Waals surface area contributed by atoms with E-state index in [4.69, 9.17) is 0 Å². The first-order chi connectivity index (χ1) is 16.6. The first-order valence-corrected chi connectivity index (χ1v) is 12.4. The molecule has 8 nitrogen and oxygen atoms in total. The van der Waals surface area contributed by atoms with Gasteiger partial charge in [-0.3, -0.25) is 19.1 Å². The first kappa shape index (κ1) is 24.7. The number of anilines is 1. The highest BCUT2D eigenvalue weighted by molar-refractivity contribution is 6.05. The van der Waals surface area contributed by atoms with E-state index in [2.05, 4.69) is 46.9 Å². The van der Waals surface area contributed by atoms with Gasteiger partial charge in [-0.2, -0.15) is 0 Å². The van der Waals surface area contributed by atoms with Crippen LogP contribution in [0.3, 0.4) is 0 Å². The van der Waals surface area contributed by atoms with E-state index in [0.717, 1.165) is 0 Å². The van der Waals surface area contributed by atoms with E-state index < -0.39 is 11.2 Å². The summed E-state index contributed by atoms with van der Waals surface area (Å²) in [7, 11) is 0. The highest BCUT2D eigenvalue weighted by Crippen LogP contribution is 2.26. The zero-order valence-electron chi connectivity index (χ0n) is 21.5. The number of benzene rings is 1. The lowest BCUT2D eigenvalue weighted by atomic mass is 10.0. The summed E-state index contributed by atoms with van der Waals surface area (Å²) in [6, 6.07) is 8.02. The maximum absolute atomic E-state index is 13.8. The number of piperazine rings is 1. The van der Waals surface area contributed by atoms with Gasteiger partial charge in [-0.1, -0.05) is 39.8 Å². The van der Waals surface area contributed by atoms with E-state index >= 15 is 0 Å². The molecule has 1 aliphatic rings. The molecular weight excluding hydrogens is 442 g/mol. The number of fused-ring (bicyclic) bond motifs is 1. The van der Waals surface area contributed by atoms with E-state index in [1.54, 1.807) is 11.0 Å². The molecule has 0 aliphatic carbocycles. The second-order valence-electron chi connectivity index (χ2n) is 10.2. The molecule has 1 N–H and O–H groups in total. The van der Waals surface area contributed by atoms with E-state index in [0.29, 0.717) is 44.0 Å². The summed E-state index contributed by atoms with van der Waals surface area (Å²) >= 11 is 0. The third-order valence-corrected chi connectivity index (χ3v) is 6.82. The Labute approximate surface area is 205 Å². The molecule has 3 aromatic rings. The molecule has 0 atom stereocenters. The molecule has 0 bridgehead atoms. The summed E-state index contributed by atoms with van der Waals surface area (Å²) in [6.45, 7) is 15.1. The molecule has 0 unspecified atom stereocenters. The summed E-state index contributed by atoms with van der Waals surface area (Å²) in [5, 5.41) is 0.191. The third kappa shape index (κ3) is 4.74. The van der Waals surface area contributed by atoms with Gasteiger partial charge in [0.15, 0.2) is 5.65 Å². The molecule has 0 saturated carbocycles. The normalized spacial score (nSPS) is 14.4. The quantitative estimate of drug-likeness (QED) is 0.608. The number of hydrogen-bond acceptors (Lipinski definition) is 5. The number of amides is 1. The van der Waals surface area contributed by atoms with Crippen LogP contribution >= 0.6 is 0 Å². The Morgan fingerprint density at radius 2 is 1.74 bits per heavy atom. The average Bonchev–Trinajstić information content (AvgIpc) is 2.82. The van der Waals surface area contributed by atoms with Gasteiger partial charge in [-0.15, -0.1) is 0 Å². The van der Waals surface area contributed by atoms with Gasteiger partial charge in [-0.25, -0.2) is 9.78 Å². The zero-order chi connectivity index (χ0) is 25.4. The number of rotatable bonds is 5. The van der Waals surface area contributed by atoms with Crippen molar-refractivity contribution in [2.45, 2.75) is 54.0 Å². The zero-order valence-corrected chi connectivity index (χ0v) is 21.5. The SMILES string of the molecule is Cc1cccc(N2CCN(C(=O)c3cc(C(C)C)nc4c3c(=O)[nH]c(=O)n4CC(C)C)CC2)c1C. The second kappa shape index (κ2) is 9.68. The third-order valence-electron chi connectivity index (χ3n) is 6.82. The van der Waals surface area contributed by atoms with E-state index in [9.17, 15) is 14.4 Å². The minimum absolute atomic E-state index is 0.0361. The highest BCUT2D eigenvalue weighted by atomic mass is 16.2. The van der Waals surface area contributed by atoms with Crippen molar-refractivity contribution in [1.82, 2.24) is 19.4 Å². The number of H-pyrrole nitrogens is 1. The van der Waals surface area contributed by atoms with Crippen molar-refractivity contribution in [3.8, 4) is 0 Å². The van der Waals surface area contributed by atoms with Crippen molar-refractivity contribution in [3.63, 3.8) is 0 Å². The Morgan fingerprint density at radius 3 is 2.37 bits per heavy atom. The van der Waals surface area contributed by atoms with Gasteiger partial charge < -0.3 is 9.80 Å². The van der Waals surface area contributed by atoms with Gasteiger partial charge >= 0.3 is 5.69 Å². The molecule has 8 heteroatoms. The maximum Gasteiger partial charge on any atom is 0.330 e. The predicted molar refractivity (Wildman–Crippen MR) is 140 cm³/mol. The highest BCUT2D eigenvalue weighted by Gasteiger charge is 2.27. The van der Waals surface area contributed by atoms with Crippen molar-refractivity contribution in [3.05, 3.63) is 67.5 Å². The van der Waals surface area contributed by atoms with Crippen LogP contribution in [0.2, 0.25) is 0 Å². The largest absolute Gasteiger partial charge is 0.368 e. The number of aryl methyl sites for hydroxylation is 1. The fourth-order valence-electron chi connectivity index (χ4n) is 4.69. The van der Waals surface area contributed by atoms with Crippen LogP contribution in [0.15, 0.2) is 33.9 Å². The molecule has 1 aromatic carbocycles. The van der Waals surface area contributed by atoms with Crippen LogP contribution in [0.4, 0.5) is 5.69 Å². The van der Waals surface area contributed by atoms with Crippen molar-refractivity contribution < 1.29 is 4.79 Å². The average molecular weight is 478 g/mol. The Bertz CT molecular complexity index is 1380. The van der Waals surface area contributed by atoms with E-state index in [1.165, 1.54) is 21.4 Å². The Hall–Kier alpha value is -3.42. The lowest BCUT2D eigenvalue weighted by Gasteiger charge is -2.37. The molecule has 1 fully saturated rings. The van der Waals surface area contributed by atoms with Gasteiger partial charge in [0.2, 0.25) is 0 Å². The van der Waals surface area contributed by atoms with Crippen molar-refractivity contribution in [2.75, 3.05) is 31.1 Å². The molecule has 0 radical (unpaired) electrons. The second-order valence-corrected chi connectivity index (χ2v) is 10.2. The van der Waals surface area contributed by atoms with Gasteiger partial charge in [0.05, 0.1) is 10.9 Å². The fraction of sp³-hybridized carbons (Fsp3) is 0.481. The number of aromatic amines is 1. The number of hydrogen-bond donors (Lipinski definition) is 1. The Balaban J connectivity index is 1.73. The lowest BCUT2D eigenvalue weighted by Crippen LogP contribution is -2.49. The number of aromatic nitrogens is 3. The smallest absolute Gasteiger partial charge is 0.330 e. The number of carbonyl (C=O) groups is 1. The minimum Gasteiger partial charge on any atom is -0.368 e. The van der Waals surface area contributed by atoms with Crippen LogP contribution < -0.4 is 16.1 Å². The first-order valence-electron chi connectivity index (χ1n) is 12.4. The molecule has 1 aliphatic heterocycles. The van der Waals surface area contributed by atoms with E-state index in [-0.39, 0.29) is 28.8 Å². The minimum atomic E-state index is -0.565. The molecule has 3 heterocycles. The topological polar surface area (TPSA) is 91.3 Å². The predicted octanol–water partition coefficient (Wildman–Crippen LogP) is 3.44. The van der Waals surface area contributed by atoms with Crippen LogP contribution in [0.5, 0.6) is 0 Å². The lowest BCUT2D eigenvalue weighted by molar-refractivity contribution is 0.0748.